The van der Waals surface area contributed by atoms with E-state index < -0.39 is 32.7 Å². The van der Waals surface area contributed by atoms with Crippen LogP contribution in [-0.4, -0.2) is 67.1 Å². The average molecular weight is 578 g/mol. The normalized spacial score (nSPS) is 14.5. The number of carbonyl (C=O) groups is 1. The van der Waals surface area contributed by atoms with Crippen LogP contribution in [0.4, 0.5) is 5.82 Å². The highest BCUT2D eigenvalue weighted by Gasteiger charge is 2.25. The maximum atomic E-state index is 12.6. The number of nitrogens with one attached hydrogen (secondary N) is 1. The Morgan fingerprint density at radius 3 is 2.58 bits per heavy atom. The van der Waals surface area contributed by atoms with Crippen LogP contribution in [0.2, 0.25) is 0 Å². The van der Waals surface area contributed by atoms with Crippen LogP contribution in [-0.2, 0) is 27.1 Å². The molecule has 0 aliphatic carbocycles. The van der Waals surface area contributed by atoms with Gasteiger partial charge in [-0.05, 0) is 30.5 Å². The van der Waals surface area contributed by atoms with Crippen LogP contribution in [0.1, 0.15) is 51.0 Å². The third-order valence-electron chi connectivity index (χ3n) is 6.30. The highest BCUT2D eigenvalue weighted by molar-refractivity contribution is 7.53. The van der Waals surface area contributed by atoms with Crippen LogP contribution in [0.3, 0.4) is 0 Å². The van der Waals surface area contributed by atoms with Gasteiger partial charge in [-0.25, -0.2) is 19.5 Å². The fourth-order valence-electron chi connectivity index (χ4n) is 4.09. The van der Waals surface area contributed by atoms with Crippen LogP contribution in [0, 0.1) is 0 Å². The number of ether oxygens (including phenoxy) is 1. The van der Waals surface area contributed by atoms with E-state index in [-0.39, 0.29) is 24.0 Å². The number of nitrogen functional groups attached to an aromatic ring is 1. The monoisotopic (exact) mass is 577 g/mol. The lowest BCUT2D eigenvalue weighted by molar-refractivity contribution is -0.122. The Hall–Kier alpha value is -3.09. The molecule has 1 amide bonds. The summed E-state index contributed by atoms with van der Waals surface area (Å²) in [6.07, 6.45) is 8.49. The molecule has 220 valence electrons. The zero-order chi connectivity index (χ0) is 29.0. The number of aliphatic hydroxyl groups excluding tert-OH is 1. The molecule has 2 unspecified atom stereocenters. The van der Waals surface area contributed by atoms with Gasteiger partial charge in [-0.2, -0.15) is 0 Å². The van der Waals surface area contributed by atoms with E-state index in [1.165, 1.54) is 50.5 Å². The predicted molar refractivity (Wildman–Crippen MR) is 152 cm³/mol. The van der Waals surface area contributed by atoms with E-state index in [1.54, 1.807) is 16.7 Å². The van der Waals surface area contributed by atoms with E-state index in [4.69, 9.17) is 20.7 Å². The fourth-order valence-corrected chi connectivity index (χ4v) is 4.99. The first-order valence-corrected chi connectivity index (χ1v) is 15.3. The number of benzene rings is 1. The third kappa shape index (κ3) is 9.83. The molecule has 40 heavy (non-hydrogen) atoms. The average Bonchev–Trinajstić information content (AvgIpc) is 3.35. The van der Waals surface area contributed by atoms with E-state index >= 15 is 0 Å². The Kier molecular flexibility index (Phi) is 12.3. The molecule has 2 aromatic heterocycles. The summed E-state index contributed by atoms with van der Waals surface area (Å²) < 4.78 is 25.0. The predicted octanol–water partition coefficient (Wildman–Crippen LogP) is 2.35. The maximum Gasteiger partial charge on any atom is 0.402 e. The molecular weight excluding hydrogens is 537 g/mol. The first kappa shape index (κ1) is 31.4. The molecule has 0 fully saturated rings. The minimum absolute atomic E-state index is 0.116. The number of nitrogens with zero attached hydrogens (tertiary/aromatic N) is 4. The Bertz CT molecular complexity index is 1260. The summed E-state index contributed by atoms with van der Waals surface area (Å²) in [5.74, 6) is 0.176. The van der Waals surface area contributed by atoms with Gasteiger partial charge in [0.2, 0.25) is 5.91 Å². The highest BCUT2D eigenvalue weighted by atomic mass is 31.2. The molecule has 0 saturated heterocycles. The topological polar surface area (TPSA) is 201 Å². The van der Waals surface area contributed by atoms with E-state index in [0.29, 0.717) is 24.1 Å². The molecule has 3 aromatic rings. The lowest BCUT2D eigenvalue weighted by atomic mass is 10.1. The zero-order valence-electron chi connectivity index (χ0n) is 22.8. The van der Waals surface area contributed by atoms with E-state index in [9.17, 15) is 19.4 Å². The largest absolute Gasteiger partial charge is 0.423 e. The van der Waals surface area contributed by atoms with Crippen molar-refractivity contribution in [3.8, 4) is 5.75 Å². The zero-order valence-corrected chi connectivity index (χ0v) is 23.7. The second-order valence-corrected chi connectivity index (χ2v) is 11.4. The van der Waals surface area contributed by atoms with Gasteiger partial charge in [0.1, 0.15) is 17.6 Å². The van der Waals surface area contributed by atoms with Gasteiger partial charge < -0.3 is 40.6 Å². The summed E-state index contributed by atoms with van der Waals surface area (Å²) in [6.45, 7) is 2.49. The summed E-state index contributed by atoms with van der Waals surface area (Å²) in [4.78, 5) is 34.7. The summed E-state index contributed by atoms with van der Waals surface area (Å²) >= 11 is 0. The highest BCUT2D eigenvalue weighted by Crippen LogP contribution is 2.42. The van der Waals surface area contributed by atoms with Crippen LogP contribution >= 0.6 is 7.60 Å². The van der Waals surface area contributed by atoms with Gasteiger partial charge in [0, 0.05) is 6.54 Å². The smallest absolute Gasteiger partial charge is 0.402 e. The summed E-state index contributed by atoms with van der Waals surface area (Å²) in [5.41, 5.74) is 13.5. The first-order chi connectivity index (χ1) is 19.2. The fraction of sp³-hybridized carbons (Fsp3) is 0.538. The number of aliphatic hydroxyl groups is 1. The first-order valence-electron chi connectivity index (χ1n) is 13.5. The Labute approximate surface area is 233 Å². The van der Waals surface area contributed by atoms with Crippen LogP contribution in [0.15, 0.2) is 36.9 Å². The lowest BCUT2D eigenvalue weighted by Crippen LogP contribution is -2.42. The van der Waals surface area contributed by atoms with Gasteiger partial charge >= 0.3 is 7.60 Å². The second kappa shape index (κ2) is 15.6. The SMILES string of the molecule is CCCCCCCCNC(=O)C(N)Cc1ccc(OP(=O)(O)CO[C@H](CO)Cn2cnc3c(N)ncnc32)cc1. The Balaban J connectivity index is 1.43. The number of imidazole rings is 1. The summed E-state index contributed by atoms with van der Waals surface area (Å²) in [7, 11) is -4.20. The molecule has 0 spiro atoms. The number of fused-ring (bicyclic) bond motifs is 1. The van der Waals surface area contributed by atoms with Crippen LogP contribution in [0.5, 0.6) is 5.75 Å². The molecule has 1 aromatic carbocycles. The van der Waals surface area contributed by atoms with Crippen LogP contribution < -0.4 is 21.3 Å². The van der Waals surface area contributed by atoms with Crippen molar-refractivity contribution in [3.05, 3.63) is 42.5 Å². The Morgan fingerprint density at radius 1 is 1.12 bits per heavy atom. The van der Waals surface area contributed by atoms with Crippen molar-refractivity contribution in [2.24, 2.45) is 5.73 Å². The number of carbonyl (C=O) groups excluding carboxylic acids is 1. The third-order valence-corrected chi connectivity index (χ3v) is 7.27. The van der Waals surface area contributed by atoms with Gasteiger partial charge in [0.05, 0.1) is 31.6 Å². The Morgan fingerprint density at radius 2 is 1.85 bits per heavy atom. The van der Waals surface area contributed by atoms with Gasteiger partial charge in [0.15, 0.2) is 17.8 Å². The van der Waals surface area contributed by atoms with Crippen molar-refractivity contribution in [1.82, 2.24) is 24.8 Å². The molecular formula is C26H40N7O6P. The van der Waals surface area contributed by atoms with Crippen molar-refractivity contribution in [1.29, 1.82) is 0 Å². The van der Waals surface area contributed by atoms with Crippen molar-refractivity contribution in [2.45, 2.75) is 70.6 Å². The number of anilines is 1. The van der Waals surface area contributed by atoms with Crippen molar-refractivity contribution < 1.29 is 28.6 Å². The lowest BCUT2D eigenvalue weighted by Gasteiger charge is -2.19. The van der Waals surface area contributed by atoms with Gasteiger partial charge in [-0.1, -0.05) is 51.2 Å². The maximum absolute atomic E-state index is 12.6. The number of amides is 1. The summed E-state index contributed by atoms with van der Waals surface area (Å²) in [5, 5.41) is 12.6. The standard InChI is InChI=1S/C26H40N7O6P/c1-2-3-4-5-6-7-12-29-26(35)22(27)13-19-8-10-20(11-9-19)39-40(36,37)18-38-21(15-34)14-33-17-32-23-24(28)30-16-31-25(23)33/h8-11,16-17,21-22,34H,2-7,12-15,18,27H2,1H3,(H,29,35)(H,36,37)(H2,28,30,31)/t21-,22?/m0/s1. The van der Waals surface area contributed by atoms with Gasteiger partial charge in [-0.3, -0.25) is 4.79 Å². The minimum Gasteiger partial charge on any atom is -0.423 e. The molecule has 0 bridgehead atoms. The number of nitrogens with two attached hydrogens (primary N) is 2. The molecule has 13 nitrogen and oxygen atoms in total. The quantitative estimate of drug-likeness (QED) is 0.110. The van der Waals surface area contributed by atoms with Crippen molar-refractivity contribution in [2.75, 3.05) is 25.2 Å². The van der Waals surface area contributed by atoms with E-state index in [2.05, 4.69) is 27.2 Å². The molecule has 7 N–H and O–H groups in total. The molecule has 0 aliphatic rings. The number of hydrogen-bond acceptors (Lipinski definition) is 10. The number of rotatable bonds is 18. The molecule has 14 heteroatoms. The molecule has 0 aliphatic heterocycles. The summed E-state index contributed by atoms with van der Waals surface area (Å²) in [6, 6.07) is 5.74. The molecule has 3 rings (SSSR count). The number of aromatic nitrogens is 4. The molecule has 3 atom stereocenters. The van der Waals surface area contributed by atoms with Gasteiger partial charge in [-0.15, -0.1) is 0 Å². The number of hydrogen-bond donors (Lipinski definition) is 5. The van der Waals surface area contributed by atoms with Crippen molar-refractivity contribution in [3.63, 3.8) is 0 Å². The molecule has 0 radical (unpaired) electrons. The molecule has 0 saturated carbocycles. The minimum atomic E-state index is -4.20. The second-order valence-electron chi connectivity index (χ2n) is 9.67. The van der Waals surface area contributed by atoms with Crippen molar-refractivity contribution >= 4 is 30.5 Å². The van der Waals surface area contributed by atoms with Gasteiger partial charge in [0.25, 0.3) is 0 Å². The van der Waals surface area contributed by atoms with E-state index in [0.717, 1.165) is 18.4 Å². The molecule has 2 heterocycles. The van der Waals surface area contributed by atoms with Crippen LogP contribution in [0.25, 0.3) is 11.2 Å². The van der Waals surface area contributed by atoms with E-state index in [1.807, 2.05) is 0 Å². The number of unbranched alkanes of at least 4 members (excludes halogenated alkanes) is 5.